The van der Waals surface area contributed by atoms with Gasteiger partial charge in [-0.1, -0.05) is 4.49 Å². The van der Waals surface area contributed by atoms with Gasteiger partial charge in [0, 0.05) is 25.0 Å². The highest BCUT2D eigenvalue weighted by Crippen LogP contribution is 1.98. The van der Waals surface area contributed by atoms with Crippen LogP contribution in [0.3, 0.4) is 0 Å². The fourth-order valence-corrected chi connectivity index (χ4v) is 1.75. The standard InChI is InChI=1S/C8H12N4O2S/c13-8(7-5-15-12-11-7)10-4-6-3-9-1-2-14-6/h5-6,9H,1-4H2,(H,10,13). The minimum absolute atomic E-state index is 0.0503. The van der Waals surface area contributed by atoms with Crippen molar-refractivity contribution >= 4 is 17.4 Å². The van der Waals surface area contributed by atoms with Gasteiger partial charge in [0.05, 0.1) is 12.7 Å². The molecule has 1 aromatic rings. The molecule has 1 aliphatic rings. The van der Waals surface area contributed by atoms with Gasteiger partial charge < -0.3 is 15.4 Å². The smallest absolute Gasteiger partial charge is 0.272 e. The fraction of sp³-hybridized carbons (Fsp3) is 0.625. The Labute approximate surface area is 91.2 Å². The van der Waals surface area contributed by atoms with Crippen LogP contribution >= 0.6 is 11.5 Å². The predicted molar refractivity (Wildman–Crippen MR) is 54.9 cm³/mol. The zero-order valence-corrected chi connectivity index (χ0v) is 8.92. The van der Waals surface area contributed by atoms with Gasteiger partial charge in [0.2, 0.25) is 0 Å². The Morgan fingerprint density at radius 3 is 3.40 bits per heavy atom. The first-order valence-corrected chi connectivity index (χ1v) is 5.57. The van der Waals surface area contributed by atoms with E-state index in [-0.39, 0.29) is 12.0 Å². The van der Waals surface area contributed by atoms with Crippen LogP contribution < -0.4 is 10.6 Å². The number of rotatable bonds is 3. The van der Waals surface area contributed by atoms with E-state index in [1.54, 1.807) is 5.38 Å². The molecule has 82 valence electrons. The van der Waals surface area contributed by atoms with Crippen molar-refractivity contribution in [2.75, 3.05) is 26.2 Å². The molecule has 2 N–H and O–H groups in total. The third-order valence-electron chi connectivity index (χ3n) is 2.09. The van der Waals surface area contributed by atoms with Crippen molar-refractivity contribution in [1.82, 2.24) is 20.2 Å². The van der Waals surface area contributed by atoms with Gasteiger partial charge in [-0.3, -0.25) is 4.79 Å². The summed E-state index contributed by atoms with van der Waals surface area (Å²) in [5.74, 6) is -0.196. The first-order chi connectivity index (χ1) is 7.36. The Bertz CT molecular complexity index is 310. The van der Waals surface area contributed by atoms with Crippen LogP contribution in [0.2, 0.25) is 0 Å². The number of morpholine rings is 1. The van der Waals surface area contributed by atoms with Crippen molar-refractivity contribution in [3.8, 4) is 0 Å². The van der Waals surface area contributed by atoms with Crippen molar-refractivity contribution < 1.29 is 9.53 Å². The van der Waals surface area contributed by atoms with Crippen LogP contribution in [-0.2, 0) is 4.74 Å². The molecule has 1 aliphatic heterocycles. The van der Waals surface area contributed by atoms with Crippen molar-refractivity contribution in [1.29, 1.82) is 0 Å². The molecular formula is C8H12N4O2S. The largest absolute Gasteiger partial charge is 0.374 e. The quantitative estimate of drug-likeness (QED) is 0.712. The summed E-state index contributed by atoms with van der Waals surface area (Å²) in [6.07, 6.45) is 0.0503. The molecule has 1 saturated heterocycles. The predicted octanol–water partition coefficient (Wildman–Crippen LogP) is -0.744. The van der Waals surface area contributed by atoms with Gasteiger partial charge in [0.1, 0.15) is 0 Å². The maximum atomic E-state index is 11.5. The van der Waals surface area contributed by atoms with E-state index in [1.165, 1.54) is 0 Å². The van der Waals surface area contributed by atoms with Crippen molar-refractivity contribution in [3.05, 3.63) is 11.1 Å². The van der Waals surface area contributed by atoms with Gasteiger partial charge in [0.15, 0.2) is 5.69 Å². The number of hydrogen-bond donors (Lipinski definition) is 2. The lowest BCUT2D eigenvalue weighted by atomic mass is 10.3. The second-order valence-electron chi connectivity index (χ2n) is 3.20. The van der Waals surface area contributed by atoms with Crippen molar-refractivity contribution in [3.63, 3.8) is 0 Å². The third kappa shape index (κ3) is 2.95. The normalized spacial score (nSPS) is 21.2. The molecular weight excluding hydrogens is 216 g/mol. The van der Waals surface area contributed by atoms with Gasteiger partial charge in [-0.05, 0) is 11.5 Å². The second kappa shape index (κ2) is 5.15. The zero-order chi connectivity index (χ0) is 10.5. The molecule has 6 nitrogen and oxygen atoms in total. The van der Waals surface area contributed by atoms with E-state index in [1.807, 2.05) is 0 Å². The van der Waals surface area contributed by atoms with E-state index < -0.39 is 0 Å². The van der Waals surface area contributed by atoms with Gasteiger partial charge in [-0.15, -0.1) is 5.10 Å². The number of nitrogens with one attached hydrogen (secondary N) is 2. The molecule has 0 aliphatic carbocycles. The lowest BCUT2D eigenvalue weighted by Gasteiger charge is -2.23. The number of amides is 1. The summed E-state index contributed by atoms with van der Waals surface area (Å²) in [4.78, 5) is 11.5. The Kier molecular flexibility index (Phi) is 3.59. The Morgan fingerprint density at radius 2 is 2.73 bits per heavy atom. The summed E-state index contributed by atoms with van der Waals surface area (Å²) in [5.41, 5.74) is 0.365. The lowest BCUT2D eigenvalue weighted by Crippen LogP contribution is -2.45. The minimum Gasteiger partial charge on any atom is -0.374 e. The van der Waals surface area contributed by atoms with Crippen molar-refractivity contribution in [2.24, 2.45) is 0 Å². The molecule has 2 heterocycles. The summed E-state index contributed by atoms with van der Waals surface area (Å²) in [6.45, 7) is 2.85. The van der Waals surface area contributed by atoms with E-state index >= 15 is 0 Å². The molecule has 15 heavy (non-hydrogen) atoms. The van der Waals surface area contributed by atoms with E-state index in [0.717, 1.165) is 24.6 Å². The van der Waals surface area contributed by atoms with Crippen LogP contribution in [0.25, 0.3) is 0 Å². The van der Waals surface area contributed by atoms with Crippen LogP contribution in [0.15, 0.2) is 5.38 Å². The topological polar surface area (TPSA) is 76.1 Å². The van der Waals surface area contributed by atoms with Crippen LogP contribution in [0.1, 0.15) is 10.5 Å². The number of carbonyl (C=O) groups excluding carboxylic acids is 1. The SMILES string of the molecule is O=C(NCC1CNCCO1)c1csnn1. The first kappa shape index (κ1) is 10.5. The molecule has 0 bridgehead atoms. The van der Waals surface area contributed by atoms with Crippen LogP contribution in [0, 0.1) is 0 Å². The summed E-state index contributed by atoms with van der Waals surface area (Å²) >= 11 is 1.16. The molecule has 1 fully saturated rings. The molecule has 1 atom stereocenters. The monoisotopic (exact) mass is 228 g/mol. The van der Waals surface area contributed by atoms with Crippen molar-refractivity contribution in [2.45, 2.75) is 6.10 Å². The average Bonchev–Trinajstić information content (AvgIpc) is 2.81. The van der Waals surface area contributed by atoms with Crippen LogP contribution in [0.5, 0.6) is 0 Å². The maximum absolute atomic E-state index is 11.5. The van der Waals surface area contributed by atoms with Crippen LogP contribution in [0.4, 0.5) is 0 Å². The molecule has 1 unspecified atom stereocenters. The maximum Gasteiger partial charge on any atom is 0.272 e. The minimum atomic E-state index is -0.196. The lowest BCUT2D eigenvalue weighted by molar-refractivity contribution is 0.0286. The van der Waals surface area contributed by atoms with E-state index in [2.05, 4.69) is 20.2 Å². The highest BCUT2D eigenvalue weighted by molar-refractivity contribution is 7.03. The van der Waals surface area contributed by atoms with Gasteiger partial charge in [0.25, 0.3) is 5.91 Å². The molecule has 0 spiro atoms. The first-order valence-electron chi connectivity index (χ1n) is 4.74. The summed E-state index contributed by atoms with van der Waals surface area (Å²) in [5, 5.41) is 11.2. The zero-order valence-electron chi connectivity index (χ0n) is 8.10. The number of aromatic nitrogens is 2. The Balaban J connectivity index is 1.75. The highest BCUT2D eigenvalue weighted by Gasteiger charge is 2.15. The van der Waals surface area contributed by atoms with Gasteiger partial charge in [-0.25, -0.2) is 0 Å². The molecule has 0 aromatic carbocycles. The Morgan fingerprint density at radius 1 is 1.80 bits per heavy atom. The number of hydrogen-bond acceptors (Lipinski definition) is 6. The average molecular weight is 228 g/mol. The number of carbonyl (C=O) groups is 1. The molecule has 0 radical (unpaired) electrons. The summed E-state index contributed by atoms with van der Waals surface area (Å²) in [6, 6.07) is 0. The van der Waals surface area contributed by atoms with E-state index in [0.29, 0.717) is 18.8 Å². The van der Waals surface area contributed by atoms with Gasteiger partial charge >= 0.3 is 0 Å². The van der Waals surface area contributed by atoms with E-state index in [9.17, 15) is 4.79 Å². The second-order valence-corrected chi connectivity index (χ2v) is 3.81. The molecule has 2 rings (SSSR count). The van der Waals surface area contributed by atoms with E-state index in [4.69, 9.17) is 4.74 Å². The summed E-state index contributed by atoms with van der Waals surface area (Å²) < 4.78 is 9.06. The molecule has 1 amide bonds. The summed E-state index contributed by atoms with van der Waals surface area (Å²) in [7, 11) is 0. The van der Waals surface area contributed by atoms with Gasteiger partial charge in [-0.2, -0.15) is 0 Å². The van der Waals surface area contributed by atoms with Crippen LogP contribution in [-0.4, -0.2) is 47.8 Å². The fourth-order valence-electron chi connectivity index (χ4n) is 1.31. The molecule has 7 heteroatoms. The third-order valence-corrected chi connectivity index (χ3v) is 2.59. The molecule has 1 aromatic heterocycles. The molecule has 0 saturated carbocycles. The number of nitrogens with zero attached hydrogens (tertiary/aromatic N) is 2. The number of ether oxygens (including phenoxy) is 1. The Hall–Kier alpha value is -1.05. The highest BCUT2D eigenvalue weighted by atomic mass is 32.1.